The third kappa shape index (κ3) is 8.25. The molecule has 2 aromatic rings. The number of sulfone groups is 1. The number of nitrogens with one attached hydrogen (secondary N) is 2. The maximum Gasteiger partial charge on any atom is 0.251 e. The van der Waals surface area contributed by atoms with Crippen LogP contribution in [-0.2, 0) is 16.3 Å². The Bertz CT molecular complexity index is 1110. The van der Waals surface area contributed by atoms with Gasteiger partial charge in [0.2, 0.25) is 0 Å². The van der Waals surface area contributed by atoms with E-state index in [0.29, 0.717) is 31.5 Å². The quantitative estimate of drug-likeness (QED) is 0.241. The number of amides is 1. The van der Waals surface area contributed by atoms with Gasteiger partial charge >= 0.3 is 0 Å². The van der Waals surface area contributed by atoms with E-state index in [1.807, 2.05) is 38.1 Å². The van der Waals surface area contributed by atoms with Crippen molar-refractivity contribution >= 4 is 21.5 Å². The van der Waals surface area contributed by atoms with Crippen LogP contribution in [0.3, 0.4) is 0 Å². The molecule has 0 aliphatic carbocycles. The van der Waals surface area contributed by atoms with Crippen molar-refractivity contribution in [2.45, 2.75) is 76.0 Å². The number of carbonyl (C=O) groups excluding carboxylic acids is 2. The van der Waals surface area contributed by atoms with Crippen LogP contribution in [0.5, 0.6) is 0 Å². The standard InChI is InChI=1S/C28H40N2O5S/c1-5-14-30-28(33)24-16-23(17-25(18-24)36(34,35)20(4)6-2)27(32)19-29-15-8-9-21-10-12-22(13-11-21)26(31)7-3/h10-13,16-18,20,27,29,32H,5-9,14-15,19H2,1-4H3,(H,30,33). The maximum atomic E-state index is 13.0. The molecule has 36 heavy (non-hydrogen) atoms. The fourth-order valence-corrected chi connectivity index (χ4v) is 5.23. The maximum absolute atomic E-state index is 13.0. The number of hydrogen-bond acceptors (Lipinski definition) is 6. The molecule has 198 valence electrons. The summed E-state index contributed by atoms with van der Waals surface area (Å²) in [5, 5.41) is 16.2. The monoisotopic (exact) mass is 516 g/mol. The Hall–Kier alpha value is -2.55. The molecule has 0 fully saturated rings. The van der Waals surface area contributed by atoms with Crippen molar-refractivity contribution in [3.05, 3.63) is 64.7 Å². The predicted molar refractivity (Wildman–Crippen MR) is 143 cm³/mol. The lowest BCUT2D eigenvalue weighted by Gasteiger charge is -2.17. The Morgan fingerprint density at radius 2 is 1.67 bits per heavy atom. The van der Waals surface area contributed by atoms with Crippen molar-refractivity contribution in [1.29, 1.82) is 0 Å². The first kappa shape index (κ1) is 29.7. The van der Waals surface area contributed by atoms with E-state index in [-0.39, 0.29) is 28.7 Å². The molecule has 0 saturated carbocycles. The molecule has 0 radical (unpaired) electrons. The van der Waals surface area contributed by atoms with Gasteiger partial charge in [-0.1, -0.05) is 45.0 Å². The van der Waals surface area contributed by atoms with Crippen molar-refractivity contribution in [2.75, 3.05) is 19.6 Å². The summed E-state index contributed by atoms with van der Waals surface area (Å²) < 4.78 is 26.0. The van der Waals surface area contributed by atoms with Crippen molar-refractivity contribution in [3.63, 3.8) is 0 Å². The molecule has 0 bridgehead atoms. The van der Waals surface area contributed by atoms with Crippen molar-refractivity contribution < 1.29 is 23.1 Å². The fraction of sp³-hybridized carbons (Fsp3) is 0.500. The number of aryl methyl sites for hydroxylation is 1. The second kappa shape index (κ2) is 14.3. The number of rotatable bonds is 15. The summed E-state index contributed by atoms with van der Waals surface area (Å²) in [6.45, 7) is 8.60. The molecular formula is C28H40N2O5S. The third-order valence-electron chi connectivity index (χ3n) is 6.30. The van der Waals surface area contributed by atoms with Gasteiger partial charge in [0.05, 0.1) is 16.2 Å². The summed E-state index contributed by atoms with van der Waals surface area (Å²) in [5.74, 6) is -0.227. The Balaban J connectivity index is 2.04. The van der Waals surface area contributed by atoms with Crippen molar-refractivity contribution in [2.24, 2.45) is 0 Å². The minimum absolute atomic E-state index is 0.0556. The summed E-state index contributed by atoms with van der Waals surface area (Å²) in [6, 6.07) is 12.1. The molecular weight excluding hydrogens is 476 g/mol. The van der Waals surface area contributed by atoms with E-state index in [2.05, 4.69) is 10.6 Å². The van der Waals surface area contributed by atoms with Gasteiger partial charge in [0.1, 0.15) is 0 Å². The normalized spacial score (nSPS) is 13.2. The number of aliphatic hydroxyl groups is 1. The van der Waals surface area contributed by atoms with E-state index in [4.69, 9.17) is 0 Å². The molecule has 2 rings (SSSR count). The molecule has 0 heterocycles. The fourth-order valence-electron chi connectivity index (χ4n) is 3.74. The van der Waals surface area contributed by atoms with Gasteiger partial charge in [-0.25, -0.2) is 8.42 Å². The van der Waals surface area contributed by atoms with Crippen LogP contribution in [0.1, 0.15) is 91.3 Å². The molecule has 2 unspecified atom stereocenters. The predicted octanol–water partition coefficient (Wildman–Crippen LogP) is 4.25. The van der Waals surface area contributed by atoms with Crippen LogP contribution >= 0.6 is 0 Å². The third-order valence-corrected chi connectivity index (χ3v) is 8.58. The van der Waals surface area contributed by atoms with Crippen molar-refractivity contribution in [1.82, 2.24) is 10.6 Å². The molecule has 0 aromatic heterocycles. The van der Waals surface area contributed by atoms with Crippen LogP contribution in [0.4, 0.5) is 0 Å². The Kier molecular flexibility index (Phi) is 11.8. The van der Waals surface area contributed by atoms with Crippen molar-refractivity contribution in [3.8, 4) is 0 Å². The lowest BCUT2D eigenvalue weighted by molar-refractivity contribution is 0.0951. The van der Waals surface area contributed by atoms with Crippen LogP contribution in [0.15, 0.2) is 47.4 Å². The number of carbonyl (C=O) groups is 2. The van der Waals surface area contributed by atoms with Gasteiger partial charge in [0, 0.05) is 30.6 Å². The minimum atomic E-state index is -3.62. The highest BCUT2D eigenvalue weighted by molar-refractivity contribution is 7.92. The Morgan fingerprint density at radius 1 is 0.972 bits per heavy atom. The van der Waals surface area contributed by atoms with Crippen LogP contribution in [-0.4, -0.2) is 50.1 Å². The molecule has 0 spiro atoms. The summed E-state index contributed by atoms with van der Waals surface area (Å²) in [6.07, 6.45) is 2.40. The topological polar surface area (TPSA) is 113 Å². The van der Waals surface area contributed by atoms with Gasteiger partial charge in [-0.05, 0) is 68.5 Å². The zero-order chi connectivity index (χ0) is 26.7. The van der Waals surface area contributed by atoms with E-state index in [0.717, 1.165) is 30.4 Å². The summed E-state index contributed by atoms with van der Waals surface area (Å²) in [5.41, 5.74) is 2.48. The number of hydrogen-bond donors (Lipinski definition) is 3. The molecule has 1 amide bonds. The van der Waals surface area contributed by atoms with Gasteiger partial charge in [-0.3, -0.25) is 9.59 Å². The van der Waals surface area contributed by atoms with Crippen LogP contribution in [0.2, 0.25) is 0 Å². The van der Waals surface area contributed by atoms with Gasteiger partial charge in [0.15, 0.2) is 15.6 Å². The van der Waals surface area contributed by atoms with E-state index in [1.165, 1.54) is 12.1 Å². The van der Waals surface area contributed by atoms with Crippen LogP contribution in [0, 0.1) is 0 Å². The van der Waals surface area contributed by atoms with Gasteiger partial charge in [0.25, 0.3) is 5.91 Å². The zero-order valence-electron chi connectivity index (χ0n) is 21.8. The molecule has 2 atom stereocenters. The lowest BCUT2D eigenvalue weighted by atomic mass is 10.0. The van der Waals surface area contributed by atoms with Gasteiger partial charge in [-0.15, -0.1) is 0 Å². The number of Topliss-reactive ketones (excluding diaryl/α,β-unsaturated/α-hetero) is 1. The number of aliphatic hydroxyl groups excluding tert-OH is 1. The van der Waals surface area contributed by atoms with E-state index in [9.17, 15) is 23.1 Å². The molecule has 3 N–H and O–H groups in total. The average molecular weight is 517 g/mol. The zero-order valence-corrected chi connectivity index (χ0v) is 22.7. The molecule has 7 nitrogen and oxygen atoms in total. The summed E-state index contributed by atoms with van der Waals surface area (Å²) >= 11 is 0. The Morgan fingerprint density at radius 3 is 2.28 bits per heavy atom. The highest BCUT2D eigenvalue weighted by atomic mass is 32.2. The molecule has 0 aliphatic rings. The average Bonchev–Trinajstić information content (AvgIpc) is 2.90. The van der Waals surface area contributed by atoms with Crippen LogP contribution < -0.4 is 10.6 Å². The highest BCUT2D eigenvalue weighted by Crippen LogP contribution is 2.24. The first-order valence-corrected chi connectivity index (χ1v) is 14.4. The van der Waals surface area contributed by atoms with E-state index in [1.54, 1.807) is 19.9 Å². The van der Waals surface area contributed by atoms with Gasteiger partial charge < -0.3 is 15.7 Å². The van der Waals surface area contributed by atoms with Crippen LogP contribution in [0.25, 0.3) is 0 Å². The SMILES string of the molecule is CCCNC(=O)c1cc(C(O)CNCCCc2ccc(C(=O)CC)cc2)cc(S(=O)(=O)C(C)CC)c1. The second-order valence-corrected chi connectivity index (χ2v) is 11.5. The minimum Gasteiger partial charge on any atom is -0.387 e. The molecule has 0 saturated heterocycles. The molecule has 2 aromatic carbocycles. The number of benzene rings is 2. The molecule has 0 aliphatic heterocycles. The largest absolute Gasteiger partial charge is 0.387 e. The second-order valence-electron chi connectivity index (χ2n) is 9.11. The molecule has 8 heteroatoms. The smallest absolute Gasteiger partial charge is 0.251 e. The van der Waals surface area contributed by atoms with E-state index < -0.39 is 21.2 Å². The first-order valence-electron chi connectivity index (χ1n) is 12.8. The first-order chi connectivity index (χ1) is 17.1. The summed E-state index contributed by atoms with van der Waals surface area (Å²) in [4.78, 5) is 24.4. The highest BCUT2D eigenvalue weighted by Gasteiger charge is 2.25. The number of ketones is 1. The summed E-state index contributed by atoms with van der Waals surface area (Å²) in [7, 11) is -3.62. The Labute approximate surface area is 215 Å². The lowest BCUT2D eigenvalue weighted by Crippen LogP contribution is -2.26. The van der Waals surface area contributed by atoms with E-state index >= 15 is 0 Å². The van der Waals surface area contributed by atoms with Gasteiger partial charge in [-0.2, -0.15) is 0 Å².